The molecule has 0 atom stereocenters. The molecule has 0 unspecified atom stereocenters. The van der Waals surface area contributed by atoms with Gasteiger partial charge in [-0.05, 0) is 48.7 Å². The molecule has 2 aromatic carbocycles. The number of amides is 1. The molecule has 29 heavy (non-hydrogen) atoms. The lowest BCUT2D eigenvalue weighted by molar-refractivity contribution is 0.0955. The van der Waals surface area contributed by atoms with Crippen LogP contribution in [0.5, 0.6) is 0 Å². The lowest BCUT2D eigenvalue weighted by Gasteiger charge is -2.21. The quantitative estimate of drug-likeness (QED) is 0.473. The maximum absolute atomic E-state index is 12.7. The fraction of sp³-hybridized carbons (Fsp3) is 0.273. The van der Waals surface area contributed by atoms with Crippen molar-refractivity contribution < 1.29 is 13.2 Å². The number of hydrogen-bond acceptors (Lipinski definition) is 4. The summed E-state index contributed by atoms with van der Waals surface area (Å²) in [6.07, 6.45) is 6.57. The van der Waals surface area contributed by atoms with Gasteiger partial charge in [-0.3, -0.25) is 4.79 Å². The van der Waals surface area contributed by atoms with Gasteiger partial charge < -0.3 is 0 Å². The van der Waals surface area contributed by atoms with E-state index in [0.717, 1.165) is 18.4 Å². The van der Waals surface area contributed by atoms with Gasteiger partial charge in [0.05, 0.1) is 4.90 Å². The Labute approximate surface area is 173 Å². The minimum atomic E-state index is -3.56. The molecule has 0 aromatic heterocycles. The predicted octanol–water partition coefficient (Wildman–Crippen LogP) is 3.93. The summed E-state index contributed by atoms with van der Waals surface area (Å²) in [5.74, 6) is -0.405. The van der Waals surface area contributed by atoms with E-state index in [2.05, 4.69) is 10.5 Å². The topological polar surface area (TPSA) is 78.8 Å². The van der Waals surface area contributed by atoms with Crippen molar-refractivity contribution in [3.63, 3.8) is 0 Å². The number of nitrogens with one attached hydrogen (secondary N) is 1. The van der Waals surface area contributed by atoms with Gasteiger partial charge in [-0.2, -0.15) is 9.41 Å². The van der Waals surface area contributed by atoms with Crippen LogP contribution in [0.1, 0.15) is 42.6 Å². The number of carbonyl (C=O) groups is 1. The van der Waals surface area contributed by atoms with Crippen LogP contribution in [0.3, 0.4) is 0 Å². The molecule has 154 valence electrons. The highest BCUT2D eigenvalue weighted by Gasteiger charge is 2.23. The predicted molar refractivity (Wildman–Crippen MR) is 117 cm³/mol. The van der Waals surface area contributed by atoms with E-state index in [-0.39, 0.29) is 4.90 Å². The molecule has 0 aliphatic carbocycles. The average Bonchev–Trinajstić information content (AvgIpc) is 2.74. The second kappa shape index (κ2) is 11.3. The lowest BCUT2D eigenvalue weighted by atomic mass is 10.2. The van der Waals surface area contributed by atoms with Gasteiger partial charge in [-0.25, -0.2) is 13.8 Å². The number of hydrazone groups is 1. The zero-order valence-electron chi connectivity index (χ0n) is 16.8. The third kappa shape index (κ3) is 6.66. The highest BCUT2D eigenvalue weighted by atomic mass is 32.2. The van der Waals surface area contributed by atoms with Crippen LogP contribution in [-0.4, -0.2) is 37.9 Å². The van der Waals surface area contributed by atoms with E-state index >= 15 is 0 Å². The van der Waals surface area contributed by atoms with E-state index < -0.39 is 15.9 Å². The summed E-state index contributed by atoms with van der Waals surface area (Å²) in [6.45, 7) is 4.84. The summed E-state index contributed by atoms with van der Waals surface area (Å²) in [5, 5.41) is 3.87. The third-order valence-corrected chi connectivity index (χ3v) is 6.03. The zero-order valence-corrected chi connectivity index (χ0v) is 17.6. The smallest absolute Gasteiger partial charge is 0.267 e. The molecule has 1 N–H and O–H groups in total. The molecule has 0 bridgehead atoms. The molecule has 6 nitrogen and oxygen atoms in total. The van der Waals surface area contributed by atoms with Crippen LogP contribution < -0.4 is 5.43 Å². The van der Waals surface area contributed by atoms with E-state index in [1.165, 1.54) is 34.8 Å². The molecule has 0 aliphatic rings. The Morgan fingerprint density at radius 2 is 1.62 bits per heavy atom. The monoisotopic (exact) mass is 413 g/mol. The molecule has 7 heteroatoms. The van der Waals surface area contributed by atoms with Crippen LogP contribution in [0, 0.1) is 0 Å². The van der Waals surface area contributed by atoms with Gasteiger partial charge in [0.15, 0.2) is 0 Å². The summed E-state index contributed by atoms with van der Waals surface area (Å²) >= 11 is 0. The Hall–Kier alpha value is -2.77. The van der Waals surface area contributed by atoms with E-state index in [9.17, 15) is 13.2 Å². The molecular weight excluding hydrogens is 386 g/mol. The van der Waals surface area contributed by atoms with Crippen LogP contribution in [-0.2, 0) is 10.0 Å². The maximum Gasteiger partial charge on any atom is 0.271 e. The molecule has 2 rings (SSSR count). The van der Waals surface area contributed by atoms with E-state index in [4.69, 9.17) is 0 Å². The SMILES string of the molecule is CCCN(CCC)S(=O)(=O)c1ccc(C(=O)NN=CC=Cc2ccccc2)cc1. The number of carbonyl (C=O) groups excluding carboxylic acids is 1. The van der Waals surface area contributed by atoms with Crippen LogP contribution in [0.25, 0.3) is 6.08 Å². The minimum Gasteiger partial charge on any atom is -0.267 e. The first kappa shape index (κ1) is 22.5. The van der Waals surface area contributed by atoms with Crippen molar-refractivity contribution in [1.29, 1.82) is 0 Å². The summed E-state index contributed by atoms with van der Waals surface area (Å²) in [5.41, 5.74) is 3.79. The van der Waals surface area contributed by atoms with Crippen molar-refractivity contribution in [1.82, 2.24) is 9.73 Å². The van der Waals surface area contributed by atoms with E-state index in [1.54, 1.807) is 6.08 Å². The van der Waals surface area contributed by atoms with Gasteiger partial charge in [0.25, 0.3) is 5.91 Å². The number of rotatable bonds is 10. The fourth-order valence-electron chi connectivity index (χ4n) is 2.70. The third-order valence-electron chi connectivity index (χ3n) is 4.12. The van der Waals surface area contributed by atoms with Gasteiger partial charge in [0, 0.05) is 24.9 Å². The van der Waals surface area contributed by atoms with Gasteiger partial charge in [0.1, 0.15) is 0 Å². The van der Waals surface area contributed by atoms with E-state index in [0.29, 0.717) is 18.7 Å². The summed E-state index contributed by atoms with van der Waals surface area (Å²) < 4.78 is 27.0. The van der Waals surface area contributed by atoms with Crippen molar-refractivity contribution in [2.75, 3.05) is 13.1 Å². The van der Waals surface area contributed by atoms with Gasteiger partial charge in [-0.1, -0.05) is 50.3 Å². The Morgan fingerprint density at radius 1 is 1.00 bits per heavy atom. The van der Waals surface area contributed by atoms with Crippen LogP contribution in [0.4, 0.5) is 0 Å². The molecule has 0 heterocycles. The van der Waals surface area contributed by atoms with Gasteiger partial charge >= 0.3 is 0 Å². The fourth-order valence-corrected chi connectivity index (χ4v) is 4.32. The maximum atomic E-state index is 12.7. The number of nitrogens with zero attached hydrogens (tertiary/aromatic N) is 2. The molecule has 0 aliphatic heterocycles. The van der Waals surface area contributed by atoms with Crippen molar-refractivity contribution in [3.8, 4) is 0 Å². The highest BCUT2D eigenvalue weighted by Crippen LogP contribution is 2.17. The first-order valence-corrected chi connectivity index (χ1v) is 11.1. The average molecular weight is 414 g/mol. The summed E-state index contributed by atoms with van der Waals surface area (Å²) in [6, 6.07) is 15.6. The molecule has 0 saturated carbocycles. The second-order valence-electron chi connectivity index (χ2n) is 6.42. The number of benzene rings is 2. The zero-order chi connectivity index (χ0) is 21.1. The van der Waals surface area contributed by atoms with Gasteiger partial charge in [0.2, 0.25) is 10.0 Å². The standard InChI is InChI=1S/C22H27N3O3S/c1-3-17-25(18-4-2)29(27,28)21-14-12-20(13-15-21)22(26)24-23-16-8-11-19-9-6-5-7-10-19/h5-16H,3-4,17-18H2,1-2H3,(H,24,26). The normalized spacial score (nSPS) is 12.1. The molecular formula is C22H27N3O3S. The molecule has 0 radical (unpaired) electrons. The summed E-state index contributed by atoms with van der Waals surface area (Å²) in [7, 11) is -3.56. The summed E-state index contributed by atoms with van der Waals surface area (Å²) in [4.78, 5) is 12.4. The Kier molecular flexibility index (Phi) is 8.76. The highest BCUT2D eigenvalue weighted by molar-refractivity contribution is 7.89. The number of sulfonamides is 1. The van der Waals surface area contributed by atoms with Crippen LogP contribution in [0.2, 0.25) is 0 Å². The van der Waals surface area contributed by atoms with Crippen LogP contribution >= 0.6 is 0 Å². The first-order chi connectivity index (χ1) is 14.0. The van der Waals surface area contributed by atoms with Crippen molar-refractivity contribution in [2.24, 2.45) is 5.10 Å². The van der Waals surface area contributed by atoms with Crippen molar-refractivity contribution in [2.45, 2.75) is 31.6 Å². The Morgan fingerprint density at radius 3 is 2.21 bits per heavy atom. The molecule has 2 aromatic rings. The lowest BCUT2D eigenvalue weighted by Crippen LogP contribution is -2.32. The number of hydrogen-bond donors (Lipinski definition) is 1. The van der Waals surface area contributed by atoms with Gasteiger partial charge in [-0.15, -0.1) is 0 Å². The second-order valence-corrected chi connectivity index (χ2v) is 8.36. The largest absolute Gasteiger partial charge is 0.271 e. The Balaban J connectivity index is 1.99. The minimum absolute atomic E-state index is 0.185. The molecule has 0 spiro atoms. The first-order valence-electron chi connectivity index (χ1n) is 9.64. The molecule has 1 amide bonds. The molecule has 0 fully saturated rings. The van der Waals surface area contributed by atoms with Crippen molar-refractivity contribution >= 4 is 28.2 Å². The molecule has 0 saturated heterocycles. The van der Waals surface area contributed by atoms with Crippen LogP contribution in [0.15, 0.2) is 70.7 Å². The van der Waals surface area contributed by atoms with E-state index in [1.807, 2.05) is 50.3 Å². The van der Waals surface area contributed by atoms with Crippen molar-refractivity contribution in [3.05, 3.63) is 71.8 Å². The number of allylic oxidation sites excluding steroid dienone is 1. The Bertz CT molecular complexity index is 931.